The van der Waals surface area contributed by atoms with E-state index in [4.69, 9.17) is 0 Å². The van der Waals surface area contributed by atoms with Crippen molar-refractivity contribution in [1.82, 2.24) is 4.90 Å². The molecule has 0 heterocycles. The largest absolute Gasteiger partial charge is 0.396 e. The summed E-state index contributed by atoms with van der Waals surface area (Å²) >= 11 is 0. The number of hydrogen-bond donors (Lipinski definition) is 1. The van der Waals surface area contributed by atoms with Crippen molar-refractivity contribution < 1.29 is 5.11 Å². The standard InChI is InChI=1S/C15H23NO/c1-16(12-15(13-17)9-5-10-15)11-8-14-6-3-2-4-7-14/h2-4,6-7,17H,5,8-13H2,1H3. The van der Waals surface area contributed by atoms with E-state index < -0.39 is 0 Å². The molecule has 0 bridgehead atoms. The second-order valence-electron chi connectivity index (χ2n) is 5.49. The van der Waals surface area contributed by atoms with Gasteiger partial charge in [0.15, 0.2) is 0 Å². The van der Waals surface area contributed by atoms with Crippen LogP contribution < -0.4 is 0 Å². The van der Waals surface area contributed by atoms with Crippen LogP contribution in [0.5, 0.6) is 0 Å². The zero-order valence-corrected chi connectivity index (χ0v) is 10.7. The number of aliphatic hydroxyl groups is 1. The van der Waals surface area contributed by atoms with E-state index >= 15 is 0 Å². The van der Waals surface area contributed by atoms with Crippen molar-refractivity contribution in [2.24, 2.45) is 5.41 Å². The van der Waals surface area contributed by atoms with Gasteiger partial charge in [-0.25, -0.2) is 0 Å². The zero-order chi connectivity index (χ0) is 12.1. The van der Waals surface area contributed by atoms with Crippen molar-refractivity contribution in [3.63, 3.8) is 0 Å². The summed E-state index contributed by atoms with van der Waals surface area (Å²) in [4.78, 5) is 2.36. The molecule has 1 fully saturated rings. The molecule has 0 saturated heterocycles. The Morgan fingerprint density at radius 1 is 1.24 bits per heavy atom. The first-order valence-corrected chi connectivity index (χ1v) is 6.57. The van der Waals surface area contributed by atoms with Crippen molar-refractivity contribution in [3.8, 4) is 0 Å². The molecule has 1 saturated carbocycles. The first kappa shape index (κ1) is 12.6. The topological polar surface area (TPSA) is 23.5 Å². The van der Waals surface area contributed by atoms with Crippen molar-refractivity contribution in [1.29, 1.82) is 0 Å². The fraction of sp³-hybridized carbons (Fsp3) is 0.600. The molecule has 1 aliphatic carbocycles. The van der Waals surface area contributed by atoms with Gasteiger partial charge in [-0.1, -0.05) is 36.8 Å². The highest BCUT2D eigenvalue weighted by molar-refractivity contribution is 5.14. The molecule has 0 unspecified atom stereocenters. The lowest BCUT2D eigenvalue weighted by atomic mass is 9.69. The van der Waals surface area contributed by atoms with Gasteiger partial charge < -0.3 is 10.0 Å². The molecule has 0 radical (unpaired) electrons. The Balaban J connectivity index is 1.76. The predicted octanol–water partition coefficient (Wildman–Crippen LogP) is 2.32. The summed E-state index contributed by atoms with van der Waals surface area (Å²) in [6, 6.07) is 10.6. The quantitative estimate of drug-likeness (QED) is 0.815. The Bertz CT molecular complexity index is 327. The fourth-order valence-electron chi connectivity index (χ4n) is 2.66. The zero-order valence-electron chi connectivity index (χ0n) is 10.7. The maximum atomic E-state index is 9.44. The number of hydrogen-bond acceptors (Lipinski definition) is 2. The smallest absolute Gasteiger partial charge is 0.0499 e. The van der Waals surface area contributed by atoms with Crippen LogP contribution in [0, 0.1) is 5.41 Å². The maximum Gasteiger partial charge on any atom is 0.0499 e. The van der Waals surface area contributed by atoms with Crippen LogP contribution >= 0.6 is 0 Å². The van der Waals surface area contributed by atoms with Crippen LogP contribution in [-0.2, 0) is 6.42 Å². The Hall–Kier alpha value is -0.860. The lowest BCUT2D eigenvalue weighted by Gasteiger charge is -2.43. The normalized spacial score (nSPS) is 18.1. The highest BCUT2D eigenvalue weighted by Gasteiger charge is 2.36. The van der Waals surface area contributed by atoms with Gasteiger partial charge in [0, 0.05) is 25.1 Å². The molecule has 94 valence electrons. The first-order chi connectivity index (χ1) is 8.24. The van der Waals surface area contributed by atoms with Crippen molar-refractivity contribution in [3.05, 3.63) is 35.9 Å². The molecule has 0 aliphatic heterocycles. The molecule has 1 aliphatic rings. The van der Waals surface area contributed by atoms with Crippen LogP contribution in [-0.4, -0.2) is 36.8 Å². The molecule has 17 heavy (non-hydrogen) atoms. The molecule has 0 atom stereocenters. The summed E-state index contributed by atoms with van der Waals surface area (Å²) in [5.41, 5.74) is 1.61. The van der Waals surface area contributed by atoms with E-state index in [9.17, 15) is 5.11 Å². The Kier molecular flexibility index (Phi) is 4.19. The summed E-state index contributed by atoms with van der Waals surface area (Å²) in [5.74, 6) is 0. The van der Waals surface area contributed by atoms with Gasteiger partial charge >= 0.3 is 0 Å². The third-order valence-corrected chi connectivity index (χ3v) is 3.98. The van der Waals surface area contributed by atoms with Gasteiger partial charge in [0.05, 0.1) is 0 Å². The van der Waals surface area contributed by atoms with Crippen molar-refractivity contribution >= 4 is 0 Å². The minimum Gasteiger partial charge on any atom is -0.396 e. The molecule has 0 aromatic heterocycles. The Morgan fingerprint density at radius 3 is 2.47 bits per heavy atom. The van der Waals surface area contributed by atoms with E-state index in [0.717, 1.165) is 19.5 Å². The van der Waals surface area contributed by atoms with E-state index in [-0.39, 0.29) is 5.41 Å². The van der Waals surface area contributed by atoms with Crippen LogP contribution in [0.15, 0.2) is 30.3 Å². The molecule has 0 spiro atoms. The number of rotatable bonds is 6. The molecule has 1 aromatic carbocycles. The van der Waals surface area contributed by atoms with Crippen molar-refractivity contribution in [2.75, 3.05) is 26.7 Å². The summed E-state index contributed by atoms with van der Waals surface area (Å²) in [7, 11) is 2.17. The number of likely N-dealkylation sites (N-methyl/N-ethyl adjacent to an activating group) is 1. The minimum atomic E-state index is 0.214. The number of aliphatic hydroxyl groups excluding tert-OH is 1. The molecule has 1 N–H and O–H groups in total. The Morgan fingerprint density at radius 2 is 1.94 bits per heavy atom. The highest BCUT2D eigenvalue weighted by atomic mass is 16.3. The lowest BCUT2D eigenvalue weighted by molar-refractivity contribution is 0.0149. The molecular weight excluding hydrogens is 210 g/mol. The second-order valence-corrected chi connectivity index (χ2v) is 5.49. The Labute approximate surface area is 104 Å². The van der Waals surface area contributed by atoms with E-state index in [2.05, 4.69) is 42.3 Å². The third-order valence-electron chi connectivity index (χ3n) is 3.98. The summed E-state index contributed by atoms with van der Waals surface area (Å²) in [6.45, 7) is 2.46. The summed E-state index contributed by atoms with van der Waals surface area (Å²) < 4.78 is 0. The molecule has 2 heteroatoms. The molecule has 0 amide bonds. The van der Waals surface area contributed by atoms with Crippen LogP contribution in [0.25, 0.3) is 0 Å². The maximum absolute atomic E-state index is 9.44. The summed E-state index contributed by atoms with van der Waals surface area (Å²) in [6.07, 6.45) is 4.77. The van der Waals surface area contributed by atoms with Gasteiger partial charge in [-0.2, -0.15) is 0 Å². The van der Waals surface area contributed by atoms with E-state index in [0.29, 0.717) is 6.61 Å². The average molecular weight is 233 g/mol. The molecule has 2 nitrogen and oxygen atoms in total. The molecule has 1 aromatic rings. The van der Waals surface area contributed by atoms with Gasteiger partial charge in [0.2, 0.25) is 0 Å². The van der Waals surface area contributed by atoms with Gasteiger partial charge in [-0.3, -0.25) is 0 Å². The monoisotopic (exact) mass is 233 g/mol. The van der Waals surface area contributed by atoms with Crippen LogP contribution in [0.3, 0.4) is 0 Å². The third kappa shape index (κ3) is 3.30. The van der Waals surface area contributed by atoms with Crippen LogP contribution in [0.4, 0.5) is 0 Å². The van der Waals surface area contributed by atoms with E-state index in [1.54, 1.807) is 0 Å². The molecular formula is C15H23NO. The number of benzene rings is 1. The molecule has 2 rings (SSSR count). The van der Waals surface area contributed by atoms with Gasteiger partial charge in [-0.05, 0) is 31.9 Å². The van der Waals surface area contributed by atoms with Crippen LogP contribution in [0.2, 0.25) is 0 Å². The first-order valence-electron chi connectivity index (χ1n) is 6.57. The summed E-state index contributed by atoms with van der Waals surface area (Å²) in [5, 5.41) is 9.44. The average Bonchev–Trinajstić information content (AvgIpc) is 2.33. The van der Waals surface area contributed by atoms with Gasteiger partial charge in [0.25, 0.3) is 0 Å². The van der Waals surface area contributed by atoms with E-state index in [1.807, 2.05) is 0 Å². The fourth-order valence-corrected chi connectivity index (χ4v) is 2.66. The van der Waals surface area contributed by atoms with Crippen LogP contribution in [0.1, 0.15) is 24.8 Å². The highest BCUT2D eigenvalue weighted by Crippen LogP contribution is 2.40. The van der Waals surface area contributed by atoms with Gasteiger partial charge in [0.1, 0.15) is 0 Å². The lowest BCUT2D eigenvalue weighted by Crippen LogP contribution is -2.44. The van der Waals surface area contributed by atoms with Gasteiger partial charge in [-0.15, -0.1) is 0 Å². The minimum absolute atomic E-state index is 0.214. The predicted molar refractivity (Wildman–Crippen MR) is 71.0 cm³/mol. The number of nitrogens with zero attached hydrogens (tertiary/aromatic N) is 1. The van der Waals surface area contributed by atoms with Crippen molar-refractivity contribution in [2.45, 2.75) is 25.7 Å². The van der Waals surface area contributed by atoms with E-state index in [1.165, 1.54) is 24.8 Å². The second kappa shape index (κ2) is 5.65. The SMILES string of the molecule is CN(CCc1ccccc1)CC1(CO)CCC1.